The summed E-state index contributed by atoms with van der Waals surface area (Å²) in [7, 11) is 3.14. The number of unbranched alkanes of at least 4 members (excludes halogenated alkanes) is 1. The van der Waals surface area contributed by atoms with E-state index in [9.17, 15) is 9.59 Å². The number of carbonyl (C=O) groups excluding carboxylic acids is 2. The van der Waals surface area contributed by atoms with Gasteiger partial charge < -0.3 is 19.2 Å². The van der Waals surface area contributed by atoms with Gasteiger partial charge in [0.2, 0.25) is 0 Å². The zero-order chi connectivity index (χ0) is 26.1. The van der Waals surface area contributed by atoms with E-state index in [4.69, 9.17) is 9.47 Å². The molecule has 0 fully saturated rings. The van der Waals surface area contributed by atoms with E-state index >= 15 is 0 Å². The summed E-state index contributed by atoms with van der Waals surface area (Å²) in [6, 6.07) is 16.5. The van der Waals surface area contributed by atoms with Gasteiger partial charge in [-0.3, -0.25) is 15.6 Å². The smallest absolute Gasteiger partial charge is 0.269 e. The highest BCUT2D eigenvalue weighted by atomic mass is 16.7. The number of methoxy groups -OCH3 is 2. The van der Waals surface area contributed by atoms with E-state index in [1.165, 1.54) is 0 Å². The zero-order valence-corrected chi connectivity index (χ0v) is 22.1. The summed E-state index contributed by atoms with van der Waals surface area (Å²) in [6.45, 7) is 12.3. The minimum atomic E-state index is -0.426. The summed E-state index contributed by atoms with van der Waals surface area (Å²) in [5.74, 6) is 1.21. The van der Waals surface area contributed by atoms with Crippen LogP contribution in [-0.4, -0.2) is 50.9 Å². The van der Waals surface area contributed by atoms with Crippen LogP contribution in [0.15, 0.2) is 54.6 Å². The Balaban J connectivity index is 0.000000383. The quantitative estimate of drug-likeness (QED) is 0.163. The van der Waals surface area contributed by atoms with Crippen molar-refractivity contribution in [3.05, 3.63) is 65.7 Å². The number of hydrazine groups is 1. The van der Waals surface area contributed by atoms with Crippen LogP contribution >= 0.6 is 0 Å². The second kappa shape index (κ2) is 17.7. The Labute approximate surface area is 211 Å². The Morgan fingerprint density at radius 2 is 1.49 bits per heavy atom. The number of anilines is 1. The van der Waals surface area contributed by atoms with E-state index in [1.54, 1.807) is 38.5 Å². The highest BCUT2D eigenvalue weighted by Gasteiger charge is 2.11. The lowest BCUT2D eigenvalue weighted by atomic mass is 10.1. The molecule has 1 amide bonds. The molecule has 0 aliphatic rings. The van der Waals surface area contributed by atoms with E-state index in [0.717, 1.165) is 43.6 Å². The molecule has 35 heavy (non-hydrogen) atoms. The average Bonchev–Trinajstić information content (AvgIpc) is 2.84. The summed E-state index contributed by atoms with van der Waals surface area (Å²) < 4.78 is 10.3. The van der Waals surface area contributed by atoms with Crippen LogP contribution in [0.4, 0.5) is 5.69 Å². The largest absolute Gasteiger partial charge is 0.352 e. The highest BCUT2D eigenvalue weighted by Crippen LogP contribution is 2.17. The minimum absolute atomic E-state index is 0.211. The molecule has 0 heterocycles. The molecule has 0 atom stereocenters. The molecule has 2 aromatic rings. The number of carbonyl (C=O) groups is 2. The van der Waals surface area contributed by atoms with Gasteiger partial charge in [0.15, 0.2) is 6.29 Å². The maximum Gasteiger partial charge on any atom is 0.269 e. The lowest BCUT2D eigenvalue weighted by Gasteiger charge is -2.25. The molecule has 2 N–H and O–H groups in total. The normalized spacial score (nSPS) is 10.9. The summed E-state index contributed by atoms with van der Waals surface area (Å²) in [5.41, 5.74) is 7.72. The van der Waals surface area contributed by atoms with Crippen LogP contribution in [0.3, 0.4) is 0 Å². The number of nitrogens with one attached hydrogen (secondary N) is 2. The topological polar surface area (TPSA) is 79.9 Å². The van der Waals surface area contributed by atoms with Crippen molar-refractivity contribution in [1.29, 1.82) is 0 Å². The fourth-order valence-corrected chi connectivity index (χ4v) is 3.57. The van der Waals surface area contributed by atoms with Gasteiger partial charge in [-0.1, -0.05) is 58.0 Å². The van der Waals surface area contributed by atoms with Crippen molar-refractivity contribution in [2.75, 3.05) is 39.3 Å². The monoisotopic (exact) mass is 485 g/mol. The van der Waals surface area contributed by atoms with E-state index in [1.807, 2.05) is 30.3 Å². The lowest BCUT2D eigenvalue weighted by Crippen LogP contribution is -2.32. The van der Waals surface area contributed by atoms with Gasteiger partial charge in [-0.15, -0.1) is 0 Å². The van der Waals surface area contributed by atoms with Crippen molar-refractivity contribution in [3.63, 3.8) is 0 Å². The third-order valence-electron chi connectivity index (χ3n) is 5.01. The molecule has 0 spiro atoms. The van der Waals surface area contributed by atoms with Crippen molar-refractivity contribution in [3.8, 4) is 0 Å². The summed E-state index contributed by atoms with van der Waals surface area (Å²) >= 11 is 0. The van der Waals surface area contributed by atoms with Crippen LogP contribution in [-0.2, 0) is 14.3 Å². The van der Waals surface area contributed by atoms with Crippen LogP contribution in [0.2, 0.25) is 0 Å². The number of nitrogens with zero attached hydrogens (tertiary/aromatic N) is 1. The molecule has 7 nitrogen and oxygen atoms in total. The molecular formula is C28H43N3O4. The fraction of sp³-hybridized carbons (Fsp3) is 0.500. The van der Waals surface area contributed by atoms with Crippen LogP contribution in [0.1, 0.15) is 62.7 Å². The number of hydrogen-bond donors (Lipinski definition) is 2. The maximum atomic E-state index is 12.0. The molecule has 0 radical (unpaired) electrons. The average molecular weight is 486 g/mol. The van der Waals surface area contributed by atoms with Gasteiger partial charge in [0.05, 0.1) is 5.69 Å². The summed E-state index contributed by atoms with van der Waals surface area (Å²) in [4.78, 5) is 24.7. The number of amides is 1. The van der Waals surface area contributed by atoms with E-state index in [-0.39, 0.29) is 5.91 Å². The van der Waals surface area contributed by atoms with E-state index in [2.05, 4.69) is 43.4 Å². The Kier molecular flexibility index (Phi) is 15.3. The Bertz CT molecular complexity index is 812. The summed E-state index contributed by atoms with van der Waals surface area (Å²) in [5, 5.41) is 0. The van der Waals surface area contributed by atoms with Crippen molar-refractivity contribution in [2.45, 2.75) is 46.8 Å². The minimum Gasteiger partial charge on any atom is -0.352 e. The van der Waals surface area contributed by atoms with E-state index in [0.29, 0.717) is 23.8 Å². The van der Waals surface area contributed by atoms with Gasteiger partial charge in [-0.25, -0.2) is 0 Å². The van der Waals surface area contributed by atoms with Gasteiger partial charge in [-0.05, 0) is 49.1 Å². The second-order valence-electron chi connectivity index (χ2n) is 9.23. The van der Waals surface area contributed by atoms with Gasteiger partial charge in [0.1, 0.15) is 6.29 Å². The number of aldehydes is 1. The lowest BCUT2D eigenvalue weighted by molar-refractivity contribution is -0.108. The van der Waals surface area contributed by atoms with Gasteiger partial charge in [0.25, 0.3) is 5.91 Å². The zero-order valence-electron chi connectivity index (χ0n) is 22.1. The predicted molar refractivity (Wildman–Crippen MR) is 142 cm³/mol. The molecule has 0 aromatic heterocycles. The van der Waals surface area contributed by atoms with Crippen LogP contribution < -0.4 is 10.9 Å². The number of benzene rings is 2. The standard InChI is InChI=1S/C16H18N2O3.C12H25NO/c1-20-16(21-2)13-10-8-12(9-11-13)15(19)18-17-14-6-4-3-5-7-14;1-11(2)9-13(10-12(3)4)7-5-6-8-14/h3-11,16-17H,1-2H3,(H,18,19);8,11-12H,5-7,9-10H2,1-4H3. The van der Waals surface area contributed by atoms with Gasteiger partial charge >= 0.3 is 0 Å². The first-order chi connectivity index (χ1) is 16.8. The van der Waals surface area contributed by atoms with Crippen molar-refractivity contribution < 1.29 is 19.1 Å². The third kappa shape index (κ3) is 13.1. The molecule has 0 saturated heterocycles. The van der Waals surface area contributed by atoms with Crippen LogP contribution in [0, 0.1) is 11.8 Å². The fourth-order valence-electron chi connectivity index (χ4n) is 3.57. The van der Waals surface area contributed by atoms with Crippen LogP contribution in [0.5, 0.6) is 0 Å². The number of ether oxygens (including phenoxy) is 2. The first-order valence-electron chi connectivity index (χ1n) is 12.2. The molecule has 0 bridgehead atoms. The molecule has 2 rings (SSSR count). The molecule has 0 aliphatic heterocycles. The van der Waals surface area contributed by atoms with Gasteiger partial charge in [-0.2, -0.15) is 0 Å². The molecule has 0 saturated carbocycles. The molecule has 0 aliphatic carbocycles. The van der Waals surface area contributed by atoms with Gasteiger partial charge in [0, 0.05) is 44.9 Å². The Hall–Kier alpha value is -2.74. The second-order valence-corrected chi connectivity index (χ2v) is 9.23. The SMILES string of the molecule is CC(C)CN(CCCC=O)CC(C)C.COC(OC)c1ccc(C(=O)NNc2ccccc2)cc1. The Morgan fingerprint density at radius 1 is 0.914 bits per heavy atom. The Morgan fingerprint density at radius 3 is 1.97 bits per heavy atom. The first-order valence-corrected chi connectivity index (χ1v) is 12.2. The molecule has 7 heteroatoms. The third-order valence-corrected chi connectivity index (χ3v) is 5.01. The van der Waals surface area contributed by atoms with Crippen molar-refractivity contribution in [1.82, 2.24) is 10.3 Å². The molecule has 2 aromatic carbocycles. The predicted octanol–water partition coefficient (Wildman–Crippen LogP) is 5.31. The maximum absolute atomic E-state index is 12.0. The molecular weight excluding hydrogens is 442 g/mol. The summed E-state index contributed by atoms with van der Waals surface area (Å²) in [6.07, 6.45) is 2.29. The van der Waals surface area contributed by atoms with Crippen LogP contribution in [0.25, 0.3) is 0 Å². The molecule has 194 valence electrons. The van der Waals surface area contributed by atoms with Crippen molar-refractivity contribution >= 4 is 17.9 Å². The number of rotatable bonds is 14. The number of para-hydroxylation sites is 1. The highest BCUT2D eigenvalue weighted by molar-refractivity contribution is 5.94. The molecule has 0 unspecified atom stereocenters. The first kappa shape index (κ1) is 30.3. The number of hydrogen-bond acceptors (Lipinski definition) is 6. The van der Waals surface area contributed by atoms with E-state index < -0.39 is 6.29 Å². The van der Waals surface area contributed by atoms with Crippen molar-refractivity contribution in [2.24, 2.45) is 11.8 Å².